The molecule has 18 heavy (non-hydrogen) atoms. The van der Waals surface area contributed by atoms with E-state index in [-0.39, 0.29) is 29.7 Å². The topological polar surface area (TPSA) is 55.1 Å². The van der Waals surface area contributed by atoms with Crippen molar-refractivity contribution in [3.8, 4) is 0 Å². The lowest BCUT2D eigenvalue weighted by Gasteiger charge is -2.06. The van der Waals surface area contributed by atoms with Crippen molar-refractivity contribution in [2.75, 3.05) is 0 Å². The summed E-state index contributed by atoms with van der Waals surface area (Å²) < 4.78 is 13.1. The minimum atomic E-state index is -0.221. The van der Waals surface area contributed by atoms with Crippen LogP contribution in [-0.4, -0.2) is 18.0 Å². The number of hydrogen-bond acceptors (Lipinski definition) is 2. The van der Waals surface area contributed by atoms with Gasteiger partial charge in [-0.15, -0.1) is 0 Å². The maximum Gasteiger partial charge on any atom is 0.220 e. The van der Waals surface area contributed by atoms with Crippen molar-refractivity contribution in [3.05, 3.63) is 35.6 Å². The van der Waals surface area contributed by atoms with Gasteiger partial charge in [-0.25, -0.2) is 4.39 Å². The molecule has 4 heteroatoms. The van der Waals surface area contributed by atoms with E-state index in [0.29, 0.717) is 12.8 Å². The summed E-state index contributed by atoms with van der Waals surface area (Å²) in [7, 11) is 0. The fourth-order valence-corrected chi connectivity index (χ4v) is 2.10. The van der Waals surface area contributed by atoms with Crippen LogP contribution in [0.2, 0.25) is 0 Å². The molecule has 1 aliphatic carbocycles. The largest absolute Gasteiger partial charge is 0.353 e. The lowest BCUT2D eigenvalue weighted by Crippen LogP contribution is -2.28. The highest BCUT2D eigenvalue weighted by molar-refractivity contribution is 5.76. The smallest absolute Gasteiger partial charge is 0.220 e. The number of rotatable bonds is 5. The Balaban J connectivity index is 1.79. The molecular formula is C14H19FN2O. The number of halogens is 1. The lowest BCUT2D eigenvalue weighted by atomic mass is 10.1. The van der Waals surface area contributed by atoms with Crippen LogP contribution < -0.4 is 11.1 Å². The molecule has 3 nitrogen and oxygen atoms in total. The first kappa shape index (κ1) is 13.0. The highest BCUT2D eigenvalue weighted by Crippen LogP contribution is 2.40. The predicted molar refractivity (Wildman–Crippen MR) is 68.6 cm³/mol. The Morgan fingerprint density at radius 3 is 3.06 bits per heavy atom. The fraction of sp³-hybridized carbons (Fsp3) is 0.500. The second-order valence-electron chi connectivity index (χ2n) is 5.09. The third kappa shape index (κ3) is 3.53. The van der Waals surface area contributed by atoms with Gasteiger partial charge in [0.25, 0.3) is 0 Å². The van der Waals surface area contributed by atoms with Crippen LogP contribution in [0.5, 0.6) is 0 Å². The zero-order valence-corrected chi connectivity index (χ0v) is 10.5. The van der Waals surface area contributed by atoms with E-state index in [4.69, 9.17) is 5.73 Å². The summed E-state index contributed by atoms with van der Waals surface area (Å²) in [5.41, 5.74) is 6.57. The SMILES string of the molecule is CC(N)CCC(=O)NC1CC1c1cccc(F)c1. The first-order valence-electron chi connectivity index (χ1n) is 6.36. The van der Waals surface area contributed by atoms with Gasteiger partial charge < -0.3 is 11.1 Å². The molecule has 0 aliphatic heterocycles. The van der Waals surface area contributed by atoms with Gasteiger partial charge in [-0.05, 0) is 37.5 Å². The molecule has 98 valence electrons. The third-order valence-electron chi connectivity index (χ3n) is 3.24. The molecule has 0 heterocycles. The van der Waals surface area contributed by atoms with Crippen LogP contribution in [0.4, 0.5) is 4.39 Å². The Kier molecular flexibility index (Phi) is 3.97. The van der Waals surface area contributed by atoms with Crippen LogP contribution in [-0.2, 0) is 4.79 Å². The highest BCUT2D eigenvalue weighted by Gasteiger charge is 2.39. The van der Waals surface area contributed by atoms with Crippen LogP contribution in [0, 0.1) is 5.82 Å². The Morgan fingerprint density at radius 2 is 2.39 bits per heavy atom. The van der Waals surface area contributed by atoms with E-state index in [9.17, 15) is 9.18 Å². The van der Waals surface area contributed by atoms with E-state index < -0.39 is 0 Å². The maximum atomic E-state index is 13.1. The summed E-state index contributed by atoms with van der Waals surface area (Å²) in [6.07, 6.45) is 2.06. The van der Waals surface area contributed by atoms with Crippen molar-refractivity contribution in [3.63, 3.8) is 0 Å². The Morgan fingerprint density at radius 1 is 1.61 bits per heavy atom. The van der Waals surface area contributed by atoms with Crippen LogP contribution in [0.25, 0.3) is 0 Å². The van der Waals surface area contributed by atoms with Crippen LogP contribution in [0.3, 0.4) is 0 Å². The Bertz CT molecular complexity index is 434. The number of benzene rings is 1. The van der Waals surface area contributed by atoms with Crippen LogP contribution >= 0.6 is 0 Å². The molecule has 1 saturated carbocycles. The molecule has 3 N–H and O–H groups in total. The third-order valence-corrected chi connectivity index (χ3v) is 3.24. The summed E-state index contributed by atoms with van der Waals surface area (Å²) in [5.74, 6) is 0.0811. The van der Waals surface area contributed by atoms with Gasteiger partial charge in [-0.3, -0.25) is 4.79 Å². The minimum absolute atomic E-state index is 0.0382. The molecule has 0 bridgehead atoms. The molecule has 3 unspecified atom stereocenters. The molecule has 3 atom stereocenters. The number of carbonyl (C=O) groups excluding carboxylic acids is 1. The molecule has 1 aromatic carbocycles. The van der Waals surface area contributed by atoms with Gasteiger partial charge in [0.2, 0.25) is 5.91 Å². The molecule has 1 fully saturated rings. The predicted octanol–water partition coefficient (Wildman–Crippen LogP) is 1.93. The summed E-state index contributed by atoms with van der Waals surface area (Å²) >= 11 is 0. The lowest BCUT2D eigenvalue weighted by molar-refractivity contribution is -0.121. The van der Waals surface area contributed by atoms with Gasteiger partial charge in [0, 0.05) is 24.4 Å². The zero-order valence-electron chi connectivity index (χ0n) is 10.5. The van der Waals surface area contributed by atoms with Gasteiger partial charge in [0.15, 0.2) is 0 Å². The standard InChI is InChI=1S/C14H19FN2O/c1-9(16)5-6-14(18)17-13-8-12(13)10-3-2-4-11(15)7-10/h2-4,7,9,12-13H,5-6,8,16H2,1H3,(H,17,18). The number of amides is 1. The van der Waals surface area contributed by atoms with Crippen molar-refractivity contribution in [1.29, 1.82) is 0 Å². The highest BCUT2D eigenvalue weighted by atomic mass is 19.1. The number of nitrogens with one attached hydrogen (secondary N) is 1. The summed E-state index contributed by atoms with van der Waals surface area (Å²) in [4.78, 5) is 11.6. The average Bonchev–Trinajstić information content (AvgIpc) is 3.06. The Hall–Kier alpha value is -1.42. The molecule has 0 radical (unpaired) electrons. The molecule has 1 aliphatic rings. The van der Waals surface area contributed by atoms with Crippen LogP contribution in [0.15, 0.2) is 24.3 Å². The van der Waals surface area contributed by atoms with Gasteiger partial charge in [0.1, 0.15) is 5.82 Å². The van der Waals surface area contributed by atoms with Crippen molar-refractivity contribution >= 4 is 5.91 Å². The van der Waals surface area contributed by atoms with Crippen molar-refractivity contribution in [2.45, 2.75) is 44.2 Å². The normalized spacial score (nSPS) is 23.5. The summed E-state index contributed by atoms with van der Waals surface area (Å²) in [5, 5.41) is 2.96. The van der Waals surface area contributed by atoms with Crippen LogP contribution in [0.1, 0.15) is 37.7 Å². The zero-order chi connectivity index (χ0) is 13.1. The first-order valence-corrected chi connectivity index (χ1v) is 6.36. The van der Waals surface area contributed by atoms with E-state index in [1.807, 2.05) is 13.0 Å². The van der Waals surface area contributed by atoms with Crippen molar-refractivity contribution in [1.82, 2.24) is 5.32 Å². The van der Waals surface area contributed by atoms with Crippen molar-refractivity contribution in [2.24, 2.45) is 5.73 Å². The van der Waals surface area contributed by atoms with Gasteiger partial charge in [0.05, 0.1) is 0 Å². The summed E-state index contributed by atoms with van der Waals surface area (Å²) in [6, 6.07) is 6.79. The second kappa shape index (κ2) is 5.48. The Labute approximate surface area is 107 Å². The van der Waals surface area contributed by atoms with Gasteiger partial charge in [-0.1, -0.05) is 12.1 Å². The van der Waals surface area contributed by atoms with E-state index in [2.05, 4.69) is 5.32 Å². The van der Waals surface area contributed by atoms with Gasteiger partial charge in [-0.2, -0.15) is 0 Å². The second-order valence-corrected chi connectivity index (χ2v) is 5.09. The number of nitrogens with two attached hydrogens (primary N) is 1. The molecule has 0 spiro atoms. The van der Waals surface area contributed by atoms with E-state index in [0.717, 1.165) is 12.0 Å². The van der Waals surface area contributed by atoms with E-state index >= 15 is 0 Å². The maximum absolute atomic E-state index is 13.1. The van der Waals surface area contributed by atoms with E-state index in [1.54, 1.807) is 12.1 Å². The molecule has 1 amide bonds. The van der Waals surface area contributed by atoms with Crippen molar-refractivity contribution < 1.29 is 9.18 Å². The molecule has 2 rings (SSSR count). The fourth-order valence-electron chi connectivity index (χ4n) is 2.10. The molecule has 0 aromatic heterocycles. The minimum Gasteiger partial charge on any atom is -0.353 e. The molecular weight excluding hydrogens is 231 g/mol. The molecule has 1 aromatic rings. The average molecular weight is 250 g/mol. The summed E-state index contributed by atoms with van der Waals surface area (Å²) in [6.45, 7) is 1.89. The molecule has 0 saturated heterocycles. The van der Waals surface area contributed by atoms with Gasteiger partial charge >= 0.3 is 0 Å². The quantitative estimate of drug-likeness (QED) is 0.839. The monoisotopic (exact) mass is 250 g/mol. The number of hydrogen-bond donors (Lipinski definition) is 2. The van der Waals surface area contributed by atoms with E-state index in [1.165, 1.54) is 6.07 Å². The first-order chi connectivity index (χ1) is 8.56. The number of carbonyl (C=O) groups is 1.